The van der Waals surface area contributed by atoms with Crippen molar-refractivity contribution in [3.05, 3.63) is 0 Å². The zero-order valence-electron chi connectivity index (χ0n) is 57.2. The number of phosphoric ester groups is 2. The maximum Gasteiger partial charge on any atom is 0.472 e. The van der Waals surface area contributed by atoms with Crippen LogP contribution in [0.15, 0.2) is 0 Å². The van der Waals surface area contributed by atoms with Gasteiger partial charge in [0.25, 0.3) is 0 Å². The first-order chi connectivity index (χ1) is 42.3. The van der Waals surface area contributed by atoms with Crippen LogP contribution in [-0.2, 0) is 65.4 Å². The molecule has 0 amide bonds. The third-order valence-corrected chi connectivity index (χ3v) is 18.1. The van der Waals surface area contributed by atoms with E-state index < -0.39 is 97.5 Å². The van der Waals surface area contributed by atoms with Gasteiger partial charge in [0, 0.05) is 25.7 Å². The lowest BCUT2D eigenvalue weighted by Crippen LogP contribution is -2.30. The number of hydrogen-bond acceptors (Lipinski definition) is 15. The summed E-state index contributed by atoms with van der Waals surface area (Å²) in [6.07, 6.45) is 43.0. The first kappa shape index (κ1) is 86.1. The first-order valence-corrected chi connectivity index (χ1v) is 38.9. The zero-order chi connectivity index (χ0) is 65.2. The number of unbranched alkanes of at least 4 members (excludes halogenated alkanes) is 34. The third kappa shape index (κ3) is 61.6. The quantitative estimate of drug-likeness (QED) is 0.0222. The Balaban J connectivity index is 5.26. The van der Waals surface area contributed by atoms with E-state index in [9.17, 15) is 43.2 Å². The van der Waals surface area contributed by atoms with Crippen molar-refractivity contribution in [3.63, 3.8) is 0 Å². The van der Waals surface area contributed by atoms with Crippen molar-refractivity contribution in [1.82, 2.24) is 0 Å². The van der Waals surface area contributed by atoms with Crippen LogP contribution in [-0.4, -0.2) is 96.7 Å². The van der Waals surface area contributed by atoms with Gasteiger partial charge in [0.2, 0.25) is 0 Å². The minimum atomic E-state index is -4.95. The van der Waals surface area contributed by atoms with E-state index in [1.165, 1.54) is 148 Å². The molecular formula is C69H134O17P2. The van der Waals surface area contributed by atoms with Gasteiger partial charge in [-0.2, -0.15) is 0 Å². The summed E-state index contributed by atoms with van der Waals surface area (Å²) in [6, 6.07) is 0. The molecule has 0 fully saturated rings. The zero-order valence-corrected chi connectivity index (χ0v) is 59.0. The lowest BCUT2D eigenvalue weighted by molar-refractivity contribution is -0.161. The van der Waals surface area contributed by atoms with Crippen LogP contribution in [0.1, 0.15) is 344 Å². The summed E-state index contributed by atoms with van der Waals surface area (Å²) in [7, 11) is -9.90. The van der Waals surface area contributed by atoms with E-state index in [4.69, 9.17) is 37.0 Å². The van der Waals surface area contributed by atoms with Gasteiger partial charge in [0.15, 0.2) is 12.2 Å². The predicted molar refractivity (Wildman–Crippen MR) is 354 cm³/mol. The molecule has 19 heteroatoms. The summed E-state index contributed by atoms with van der Waals surface area (Å²) >= 11 is 0. The number of carbonyl (C=O) groups is 4. The van der Waals surface area contributed by atoms with Crippen LogP contribution in [0.5, 0.6) is 0 Å². The third-order valence-electron chi connectivity index (χ3n) is 16.2. The number of aliphatic hydroxyl groups is 1. The molecule has 3 unspecified atom stereocenters. The molecule has 0 heterocycles. The molecule has 88 heavy (non-hydrogen) atoms. The monoisotopic (exact) mass is 1300 g/mol. The molecule has 0 aliphatic carbocycles. The van der Waals surface area contributed by atoms with E-state index in [-0.39, 0.29) is 25.7 Å². The van der Waals surface area contributed by atoms with Gasteiger partial charge in [0.05, 0.1) is 26.4 Å². The predicted octanol–water partition coefficient (Wildman–Crippen LogP) is 19.5. The highest BCUT2D eigenvalue weighted by Gasteiger charge is 2.30. The number of carbonyl (C=O) groups excluding carboxylic acids is 4. The van der Waals surface area contributed by atoms with E-state index in [0.717, 1.165) is 114 Å². The molecule has 17 nitrogen and oxygen atoms in total. The second-order valence-corrected chi connectivity index (χ2v) is 29.0. The second kappa shape index (κ2) is 60.0. The second-order valence-electron chi connectivity index (χ2n) is 26.1. The number of hydrogen-bond donors (Lipinski definition) is 3. The van der Waals surface area contributed by atoms with Crippen molar-refractivity contribution < 1.29 is 80.2 Å². The number of aliphatic hydroxyl groups excluding tert-OH is 1. The van der Waals surface area contributed by atoms with Crippen LogP contribution in [0.2, 0.25) is 0 Å². The standard InChI is InChI=1S/C69H134O17P2/c1-8-10-11-12-13-14-16-24-29-38-45-52-68(73)86-65(57-80-67(72)51-44-37-32-31-35-42-49-62(7)9-2)59-84-88(77,78)82-55-63(70)54-81-87(75,76)83-58-64(56-79-66(71)50-43-36-28-23-20-19-22-27-34-41-48-61(5)6)85-69(74)53-46-39-30-25-18-15-17-21-26-33-40-47-60(3)4/h60-65,70H,8-59H2,1-7H3,(H,75,76)(H,77,78)/t62?,63-,64-,65-/m1/s1. The van der Waals surface area contributed by atoms with Crippen molar-refractivity contribution in [1.29, 1.82) is 0 Å². The van der Waals surface area contributed by atoms with Crippen LogP contribution in [0.4, 0.5) is 0 Å². The van der Waals surface area contributed by atoms with Crippen molar-refractivity contribution in [2.45, 2.75) is 362 Å². The van der Waals surface area contributed by atoms with Gasteiger partial charge >= 0.3 is 39.5 Å². The minimum absolute atomic E-state index is 0.106. The molecule has 0 radical (unpaired) electrons. The van der Waals surface area contributed by atoms with E-state index in [1.807, 2.05) is 0 Å². The molecule has 0 aliphatic heterocycles. The smallest absolute Gasteiger partial charge is 0.462 e. The molecule has 0 aromatic carbocycles. The van der Waals surface area contributed by atoms with Gasteiger partial charge < -0.3 is 33.8 Å². The summed E-state index contributed by atoms with van der Waals surface area (Å²) in [5.74, 6) is 0.127. The highest BCUT2D eigenvalue weighted by molar-refractivity contribution is 7.47. The van der Waals surface area contributed by atoms with E-state index in [0.29, 0.717) is 25.7 Å². The summed E-state index contributed by atoms with van der Waals surface area (Å²) < 4.78 is 68.2. The van der Waals surface area contributed by atoms with Crippen LogP contribution in [0, 0.1) is 17.8 Å². The van der Waals surface area contributed by atoms with Crippen molar-refractivity contribution in [2.75, 3.05) is 39.6 Å². The molecule has 0 aliphatic rings. The van der Waals surface area contributed by atoms with Crippen LogP contribution in [0.25, 0.3) is 0 Å². The normalized spacial score (nSPS) is 14.5. The number of esters is 4. The minimum Gasteiger partial charge on any atom is -0.462 e. The SMILES string of the molecule is CCCCCCCCCCCCCC(=O)O[C@H](COC(=O)CCCCCCCCC(C)CC)COP(=O)(O)OC[C@H](O)COP(=O)(O)OC[C@@H](COC(=O)CCCCCCCCCCCCC(C)C)OC(=O)CCCCCCCCCCCCCC(C)C. The van der Waals surface area contributed by atoms with Crippen molar-refractivity contribution in [2.24, 2.45) is 17.8 Å². The average molecular weight is 1300 g/mol. The van der Waals surface area contributed by atoms with Crippen LogP contribution >= 0.6 is 15.6 Å². The molecule has 0 aromatic heterocycles. The Bertz CT molecular complexity index is 1730. The van der Waals surface area contributed by atoms with E-state index in [2.05, 4.69) is 48.5 Å². The van der Waals surface area contributed by atoms with Crippen molar-refractivity contribution in [3.8, 4) is 0 Å². The molecule has 522 valence electrons. The molecule has 0 saturated carbocycles. The molecule has 3 N–H and O–H groups in total. The Morgan fingerprint density at radius 2 is 0.580 bits per heavy atom. The Morgan fingerprint density at radius 3 is 0.864 bits per heavy atom. The lowest BCUT2D eigenvalue weighted by Gasteiger charge is -2.21. The van der Waals surface area contributed by atoms with Gasteiger partial charge in [-0.25, -0.2) is 9.13 Å². The molecule has 6 atom stereocenters. The summed E-state index contributed by atoms with van der Waals surface area (Å²) in [6.45, 7) is 11.8. The van der Waals surface area contributed by atoms with Gasteiger partial charge in [0.1, 0.15) is 19.3 Å². The highest BCUT2D eigenvalue weighted by atomic mass is 31.2. The van der Waals surface area contributed by atoms with Gasteiger partial charge in [-0.15, -0.1) is 0 Å². The number of rotatable bonds is 67. The summed E-state index contributed by atoms with van der Waals surface area (Å²) in [5, 5.41) is 10.6. The maximum atomic E-state index is 13.0. The van der Waals surface area contributed by atoms with Crippen LogP contribution in [0.3, 0.4) is 0 Å². The number of ether oxygens (including phenoxy) is 4. The fraction of sp³-hybridized carbons (Fsp3) is 0.942. The highest BCUT2D eigenvalue weighted by Crippen LogP contribution is 2.45. The Hall–Kier alpha value is -1.94. The van der Waals surface area contributed by atoms with Gasteiger partial charge in [-0.05, 0) is 43.4 Å². The Labute approximate surface area is 537 Å². The molecule has 0 bridgehead atoms. The largest absolute Gasteiger partial charge is 0.472 e. The fourth-order valence-corrected chi connectivity index (χ4v) is 11.9. The lowest BCUT2D eigenvalue weighted by atomic mass is 10.00. The van der Waals surface area contributed by atoms with Gasteiger partial charge in [-0.3, -0.25) is 37.3 Å². The number of phosphoric acid groups is 2. The molecule has 0 saturated heterocycles. The molecule has 0 aromatic rings. The maximum absolute atomic E-state index is 13.0. The molecular weight excluding hydrogens is 1160 g/mol. The Morgan fingerprint density at radius 1 is 0.330 bits per heavy atom. The Kier molecular flexibility index (Phi) is 58.7. The van der Waals surface area contributed by atoms with Crippen LogP contribution < -0.4 is 0 Å². The first-order valence-electron chi connectivity index (χ1n) is 35.9. The molecule has 0 rings (SSSR count). The van der Waals surface area contributed by atoms with E-state index in [1.54, 1.807) is 0 Å². The summed E-state index contributed by atoms with van der Waals surface area (Å²) in [4.78, 5) is 72.5. The van der Waals surface area contributed by atoms with Gasteiger partial charge in [-0.1, -0.05) is 292 Å². The van der Waals surface area contributed by atoms with Crippen molar-refractivity contribution >= 4 is 39.5 Å². The average Bonchev–Trinajstić information content (AvgIpc) is 3.62. The topological polar surface area (TPSA) is 237 Å². The van der Waals surface area contributed by atoms with E-state index >= 15 is 0 Å². The summed E-state index contributed by atoms with van der Waals surface area (Å²) in [5.41, 5.74) is 0. The fourth-order valence-electron chi connectivity index (χ4n) is 10.3. The molecule has 0 spiro atoms.